The highest BCUT2D eigenvalue weighted by Gasteiger charge is 2.47. The Morgan fingerprint density at radius 2 is 1.75 bits per heavy atom. The van der Waals surface area contributed by atoms with Crippen molar-refractivity contribution >= 4 is 5.97 Å². The van der Waals surface area contributed by atoms with Crippen LogP contribution in [0.5, 0.6) is 0 Å². The van der Waals surface area contributed by atoms with Crippen LogP contribution in [-0.2, 0) is 14.3 Å². The Morgan fingerprint density at radius 1 is 1.25 bits per heavy atom. The fraction of sp³-hybridized carbons (Fsp3) is 0.364. The van der Waals surface area contributed by atoms with E-state index in [1.165, 1.54) is 14.2 Å². The predicted molar refractivity (Wildman–Crippen MR) is 55.8 cm³/mol. The maximum atomic E-state index is 11.1. The van der Waals surface area contributed by atoms with Crippen LogP contribution in [0.1, 0.15) is 11.7 Å². The lowest BCUT2D eigenvalue weighted by Gasteiger charge is -2.30. The minimum atomic E-state index is -2.08. The van der Waals surface area contributed by atoms with Crippen molar-refractivity contribution in [3.05, 3.63) is 35.9 Å². The van der Waals surface area contributed by atoms with Gasteiger partial charge in [0.2, 0.25) is 0 Å². The summed E-state index contributed by atoms with van der Waals surface area (Å²) in [5.41, 5.74) is 0.411. The summed E-state index contributed by atoms with van der Waals surface area (Å²) in [5.74, 6) is -3.46. The van der Waals surface area contributed by atoms with Gasteiger partial charge in [-0.15, -0.1) is 0 Å². The Kier molecular flexibility index (Phi) is 4.00. The SMILES string of the molecule is COC(OC)(C(=O)O)C(O)c1ccccc1. The second-order valence-electron chi connectivity index (χ2n) is 3.19. The summed E-state index contributed by atoms with van der Waals surface area (Å²) < 4.78 is 9.59. The molecule has 0 amide bonds. The van der Waals surface area contributed by atoms with E-state index in [2.05, 4.69) is 0 Å². The summed E-state index contributed by atoms with van der Waals surface area (Å²) >= 11 is 0. The van der Waals surface area contributed by atoms with Gasteiger partial charge in [-0.05, 0) is 5.56 Å². The van der Waals surface area contributed by atoms with Crippen molar-refractivity contribution < 1.29 is 24.5 Å². The molecule has 0 bridgehead atoms. The topological polar surface area (TPSA) is 76.0 Å². The molecule has 1 unspecified atom stereocenters. The summed E-state index contributed by atoms with van der Waals surface area (Å²) in [7, 11) is 2.34. The molecule has 2 N–H and O–H groups in total. The van der Waals surface area contributed by atoms with E-state index in [0.717, 1.165) is 0 Å². The van der Waals surface area contributed by atoms with Crippen LogP contribution >= 0.6 is 0 Å². The van der Waals surface area contributed by atoms with Crippen LogP contribution in [0.3, 0.4) is 0 Å². The van der Waals surface area contributed by atoms with Gasteiger partial charge in [-0.3, -0.25) is 0 Å². The molecule has 0 spiro atoms. The van der Waals surface area contributed by atoms with Gasteiger partial charge in [0.15, 0.2) is 0 Å². The lowest BCUT2D eigenvalue weighted by molar-refractivity contribution is -0.261. The molecule has 0 radical (unpaired) electrons. The molecular formula is C11H14O5. The molecule has 88 valence electrons. The third-order valence-electron chi connectivity index (χ3n) is 2.38. The second-order valence-corrected chi connectivity index (χ2v) is 3.19. The Hall–Kier alpha value is -1.43. The van der Waals surface area contributed by atoms with Crippen LogP contribution in [0.2, 0.25) is 0 Å². The van der Waals surface area contributed by atoms with E-state index in [9.17, 15) is 9.90 Å². The summed E-state index contributed by atoms with van der Waals surface area (Å²) in [6, 6.07) is 8.34. The normalized spacial score (nSPS) is 13.4. The number of methoxy groups -OCH3 is 2. The van der Waals surface area contributed by atoms with E-state index in [0.29, 0.717) is 5.56 Å². The molecule has 16 heavy (non-hydrogen) atoms. The highest BCUT2D eigenvalue weighted by atomic mass is 16.7. The summed E-state index contributed by atoms with van der Waals surface area (Å²) in [5, 5.41) is 19.0. The lowest BCUT2D eigenvalue weighted by atomic mass is 10.0. The average molecular weight is 226 g/mol. The van der Waals surface area contributed by atoms with E-state index in [-0.39, 0.29) is 0 Å². The Morgan fingerprint density at radius 3 is 2.12 bits per heavy atom. The minimum Gasteiger partial charge on any atom is -0.477 e. The van der Waals surface area contributed by atoms with Crippen LogP contribution < -0.4 is 0 Å². The zero-order valence-electron chi connectivity index (χ0n) is 9.08. The zero-order valence-corrected chi connectivity index (χ0v) is 9.08. The van der Waals surface area contributed by atoms with Crippen LogP contribution in [0.15, 0.2) is 30.3 Å². The number of hydrogen-bond acceptors (Lipinski definition) is 4. The van der Waals surface area contributed by atoms with Crippen LogP contribution in [0.25, 0.3) is 0 Å². The molecule has 1 rings (SSSR count). The van der Waals surface area contributed by atoms with Gasteiger partial charge < -0.3 is 19.7 Å². The van der Waals surface area contributed by atoms with Gasteiger partial charge in [-0.25, -0.2) is 4.79 Å². The smallest absolute Gasteiger partial charge is 0.367 e. The Balaban J connectivity index is 3.10. The van der Waals surface area contributed by atoms with E-state index in [1.54, 1.807) is 30.3 Å². The van der Waals surface area contributed by atoms with Gasteiger partial charge >= 0.3 is 5.97 Å². The van der Waals surface area contributed by atoms with Gasteiger partial charge in [-0.1, -0.05) is 30.3 Å². The molecule has 0 aliphatic heterocycles. The van der Waals surface area contributed by atoms with Crippen molar-refractivity contribution in [2.24, 2.45) is 0 Å². The highest BCUT2D eigenvalue weighted by molar-refractivity contribution is 5.76. The molecule has 0 aliphatic rings. The molecule has 0 heterocycles. The van der Waals surface area contributed by atoms with Gasteiger partial charge in [-0.2, -0.15) is 0 Å². The van der Waals surface area contributed by atoms with Crippen LogP contribution in [-0.4, -0.2) is 36.2 Å². The molecule has 0 aliphatic carbocycles. The number of aliphatic hydroxyl groups is 1. The fourth-order valence-corrected chi connectivity index (χ4v) is 1.45. The lowest BCUT2D eigenvalue weighted by Crippen LogP contribution is -2.48. The molecule has 5 nitrogen and oxygen atoms in total. The molecule has 1 atom stereocenters. The molecule has 0 fully saturated rings. The molecular weight excluding hydrogens is 212 g/mol. The van der Waals surface area contributed by atoms with Gasteiger partial charge in [0.1, 0.15) is 6.10 Å². The molecule has 1 aromatic carbocycles. The molecule has 0 saturated carbocycles. The van der Waals surface area contributed by atoms with Crippen molar-refractivity contribution in [1.82, 2.24) is 0 Å². The highest BCUT2D eigenvalue weighted by Crippen LogP contribution is 2.29. The van der Waals surface area contributed by atoms with Crippen molar-refractivity contribution in [1.29, 1.82) is 0 Å². The number of aliphatic hydroxyl groups excluding tert-OH is 1. The van der Waals surface area contributed by atoms with E-state index >= 15 is 0 Å². The molecule has 1 aromatic rings. The first kappa shape index (κ1) is 12.6. The van der Waals surface area contributed by atoms with Gasteiger partial charge in [0.25, 0.3) is 5.79 Å². The maximum absolute atomic E-state index is 11.1. The molecule has 0 saturated heterocycles. The first-order valence-corrected chi connectivity index (χ1v) is 4.65. The number of carboxylic acids is 1. The standard InChI is InChI=1S/C11H14O5/c1-15-11(16-2,10(13)14)9(12)8-6-4-3-5-7-8/h3-7,9,12H,1-2H3,(H,13,14). The summed E-state index contributed by atoms with van der Waals surface area (Å²) in [6.45, 7) is 0. The van der Waals surface area contributed by atoms with E-state index in [1.807, 2.05) is 0 Å². The molecule has 0 aromatic heterocycles. The van der Waals surface area contributed by atoms with Crippen molar-refractivity contribution in [2.45, 2.75) is 11.9 Å². The third kappa shape index (κ3) is 2.06. The number of carboxylic acid groups (broad SMARTS) is 1. The third-order valence-corrected chi connectivity index (χ3v) is 2.38. The number of ether oxygens (including phenoxy) is 2. The van der Waals surface area contributed by atoms with Crippen LogP contribution in [0, 0.1) is 0 Å². The van der Waals surface area contributed by atoms with Crippen molar-refractivity contribution in [3.8, 4) is 0 Å². The number of rotatable bonds is 5. The fourth-order valence-electron chi connectivity index (χ4n) is 1.45. The zero-order chi connectivity index (χ0) is 12.2. The van der Waals surface area contributed by atoms with Crippen LogP contribution in [0.4, 0.5) is 0 Å². The second kappa shape index (κ2) is 5.07. The van der Waals surface area contributed by atoms with Gasteiger partial charge in [0, 0.05) is 14.2 Å². The van der Waals surface area contributed by atoms with E-state index < -0.39 is 17.9 Å². The number of carbonyl (C=O) groups is 1. The largest absolute Gasteiger partial charge is 0.477 e. The predicted octanol–water partition coefficient (Wildman–Crippen LogP) is 0.794. The van der Waals surface area contributed by atoms with E-state index in [4.69, 9.17) is 14.6 Å². The summed E-state index contributed by atoms with van der Waals surface area (Å²) in [6.07, 6.45) is -1.40. The first-order valence-electron chi connectivity index (χ1n) is 4.65. The quantitative estimate of drug-likeness (QED) is 0.726. The summed E-state index contributed by atoms with van der Waals surface area (Å²) in [4.78, 5) is 11.1. The molecule has 5 heteroatoms. The Bertz CT molecular complexity index is 345. The minimum absolute atomic E-state index is 0.411. The van der Waals surface area contributed by atoms with Crippen molar-refractivity contribution in [3.63, 3.8) is 0 Å². The monoisotopic (exact) mass is 226 g/mol. The van der Waals surface area contributed by atoms with Crippen molar-refractivity contribution in [2.75, 3.05) is 14.2 Å². The maximum Gasteiger partial charge on any atom is 0.367 e. The Labute approximate surface area is 93.2 Å². The number of aliphatic carboxylic acids is 1. The average Bonchev–Trinajstić information content (AvgIpc) is 2.32. The van der Waals surface area contributed by atoms with Gasteiger partial charge in [0.05, 0.1) is 0 Å². The number of hydrogen-bond donors (Lipinski definition) is 2. The number of benzene rings is 1. The first-order chi connectivity index (χ1) is 7.58.